The van der Waals surface area contributed by atoms with Crippen molar-refractivity contribution in [1.82, 2.24) is 29.8 Å². The van der Waals surface area contributed by atoms with Crippen LogP contribution in [0.2, 0.25) is 10.0 Å². The fourth-order valence-electron chi connectivity index (χ4n) is 11.5. The number of nitrogens with zero attached hydrogens (tertiary/aromatic N) is 7. The fourth-order valence-corrected chi connectivity index (χ4v) is 12.9. The summed E-state index contributed by atoms with van der Waals surface area (Å²) in [6.45, 7) is 8.81. The molecule has 2 atom stereocenters. The minimum absolute atomic E-state index is 0. The molecule has 4 aliphatic heterocycles. The van der Waals surface area contributed by atoms with Gasteiger partial charge in [0.15, 0.2) is 12.4 Å². The number of carbonyl (C=O) groups excluding carboxylic acids is 3. The lowest BCUT2D eigenvalue weighted by Crippen LogP contribution is -2.52. The quantitative estimate of drug-likeness (QED) is 0.145. The zero-order valence-electron chi connectivity index (χ0n) is 38.9. The first-order valence-electron chi connectivity index (χ1n) is 24.5. The summed E-state index contributed by atoms with van der Waals surface area (Å²) in [6, 6.07) is 15.4. The van der Waals surface area contributed by atoms with Crippen molar-refractivity contribution in [1.29, 1.82) is 0 Å². The molecule has 14 nitrogen and oxygen atoms in total. The van der Waals surface area contributed by atoms with Gasteiger partial charge in [-0.3, -0.25) is 19.4 Å². The third-order valence-electron chi connectivity index (χ3n) is 15.3. The summed E-state index contributed by atoms with van der Waals surface area (Å²) in [4.78, 5) is 47.7. The molecule has 0 radical (unpaired) electrons. The molecule has 6 aliphatic rings. The zero-order chi connectivity index (χ0) is 48.3. The molecule has 4 aromatic rings. The van der Waals surface area contributed by atoms with E-state index < -0.39 is 0 Å². The number of pyridine rings is 2. The Bertz CT molecular complexity index is 2540. The molecular formula is C53H69Br2Cl2N9O5. The van der Waals surface area contributed by atoms with Crippen LogP contribution < -0.4 is 20.5 Å². The van der Waals surface area contributed by atoms with E-state index >= 15 is 0 Å². The van der Waals surface area contributed by atoms with Crippen molar-refractivity contribution in [3.8, 4) is 0 Å². The predicted octanol–water partition coefficient (Wildman–Crippen LogP) is 7.98. The number of amides is 4. The Morgan fingerprint density at radius 1 is 0.577 bits per heavy atom. The lowest BCUT2D eigenvalue weighted by Gasteiger charge is -2.39. The summed E-state index contributed by atoms with van der Waals surface area (Å²) in [5, 5.41) is 31.1. The summed E-state index contributed by atoms with van der Waals surface area (Å²) >= 11 is 19.6. The zero-order valence-corrected chi connectivity index (χ0v) is 43.6. The van der Waals surface area contributed by atoms with E-state index in [4.69, 9.17) is 28.9 Å². The number of primary amides is 1. The van der Waals surface area contributed by atoms with Crippen molar-refractivity contribution in [2.45, 2.75) is 91.1 Å². The van der Waals surface area contributed by atoms with Gasteiger partial charge in [0.2, 0.25) is 23.2 Å². The first kappa shape index (κ1) is 54.7. The van der Waals surface area contributed by atoms with Crippen LogP contribution in [-0.4, -0.2) is 121 Å². The second kappa shape index (κ2) is 24.3. The van der Waals surface area contributed by atoms with Crippen LogP contribution in [0.5, 0.6) is 0 Å². The number of piperazine rings is 2. The number of hydrogen-bond acceptors (Lipinski definition) is 8. The molecule has 18 heteroatoms. The average molecular weight is 1140 g/mol. The molecule has 2 aliphatic carbocycles. The van der Waals surface area contributed by atoms with Crippen LogP contribution in [0.1, 0.15) is 110 Å². The fraction of sp³-hybridized carbons (Fsp3) is 0.528. The molecule has 71 heavy (non-hydrogen) atoms. The Morgan fingerprint density at radius 3 is 1.38 bits per heavy atom. The Kier molecular flexibility index (Phi) is 18.8. The van der Waals surface area contributed by atoms with Gasteiger partial charge in [-0.25, -0.2) is 4.79 Å². The van der Waals surface area contributed by atoms with Crippen LogP contribution >= 0.6 is 55.1 Å². The predicted molar refractivity (Wildman–Crippen MR) is 286 cm³/mol. The standard InChI is InChI=1S/C26H31BrClN5O3.C25H30BrClN4O2.2CH4/c27-20-14-19-2-1-18-15-21(28)3-4-22(18)25(24(19)33(36)16-20)31-11-9-30(10-12-31)23(34)13-17-5-7-32(8-6-17)26(29)35;26-20-14-19-2-1-18-15-21(27)3-4-22(18)25(24(19)31(33)16-20)30-11-9-29(10-12-30)23(32)13-17-5-7-28-8-6-17;;/h3-4,14-17,25H,1-2,5-13H2,(H2,29,35);3-4,14-17,25,28H,1-2,5-13H2;2*1H4/t2*25-;;/m00../s1. The molecule has 0 unspecified atom stereocenters. The first-order valence-corrected chi connectivity index (χ1v) is 26.8. The van der Waals surface area contributed by atoms with Crippen molar-refractivity contribution in [3.05, 3.63) is 135 Å². The second-order valence-electron chi connectivity index (χ2n) is 19.5. The summed E-state index contributed by atoms with van der Waals surface area (Å²) in [7, 11) is 0. The van der Waals surface area contributed by atoms with E-state index in [1.54, 1.807) is 17.3 Å². The highest BCUT2D eigenvalue weighted by molar-refractivity contribution is 9.10. The Labute approximate surface area is 446 Å². The second-order valence-corrected chi connectivity index (χ2v) is 22.2. The molecule has 0 bridgehead atoms. The molecule has 0 saturated carbocycles. The van der Waals surface area contributed by atoms with Gasteiger partial charge < -0.3 is 36.2 Å². The number of benzene rings is 2. The van der Waals surface area contributed by atoms with Crippen LogP contribution in [0, 0.1) is 22.3 Å². The molecule has 384 valence electrons. The van der Waals surface area contributed by atoms with Gasteiger partial charge >= 0.3 is 6.03 Å². The van der Waals surface area contributed by atoms with Crippen LogP contribution in [0.15, 0.2) is 69.9 Å². The van der Waals surface area contributed by atoms with E-state index in [0.29, 0.717) is 76.1 Å². The van der Waals surface area contributed by atoms with E-state index in [9.17, 15) is 24.8 Å². The lowest BCUT2D eigenvalue weighted by molar-refractivity contribution is -0.617. The van der Waals surface area contributed by atoms with Gasteiger partial charge in [0, 0.05) is 99.5 Å². The Balaban J connectivity index is 0.000000204. The van der Waals surface area contributed by atoms with Crippen molar-refractivity contribution >= 4 is 72.9 Å². The number of nitrogens with two attached hydrogens (primary N) is 1. The molecule has 0 spiro atoms. The highest BCUT2D eigenvalue weighted by atomic mass is 79.9. The molecular weight excluding hydrogens is 1070 g/mol. The topological polar surface area (TPSA) is 159 Å². The van der Waals surface area contributed by atoms with E-state index in [1.165, 1.54) is 11.1 Å². The highest BCUT2D eigenvalue weighted by Gasteiger charge is 2.40. The summed E-state index contributed by atoms with van der Waals surface area (Å²) in [5.41, 5.74) is 13.7. The van der Waals surface area contributed by atoms with E-state index in [2.05, 4.69) is 65.2 Å². The molecule has 4 amide bonds. The normalized spacial score (nSPS) is 20.8. The number of likely N-dealkylation sites (tertiary alicyclic amines) is 1. The maximum Gasteiger partial charge on any atom is 0.314 e. The van der Waals surface area contributed by atoms with Gasteiger partial charge in [-0.05, 0) is 167 Å². The largest absolute Gasteiger partial charge is 0.618 e. The number of fused-ring (bicyclic) bond motifs is 4. The van der Waals surface area contributed by atoms with Crippen molar-refractivity contribution in [2.24, 2.45) is 17.6 Å². The molecule has 10 rings (SSSR count). The summed E-state index contributed by atoms with van der Waals surface area (Å²) < 4.78 is 3.61. The van der Waals surface area contributed by atoms with Crippen molar-refractivity contribution in [2.75, 3.05) is 78.5 Å². The Morgan fingerprint density at radius 2 is 0.972 bits per heavy atom. The van der Waals surface area contributed by atoms with Gasteiger partial charge in [0.1, 0.15) is 12.1 Å². The van der Waals surface area contributed by atoms with Gasteiger partial charge in [0.05, 0.1) is 8.95 Å². The highest BCUT2D eigenvalue weighted by Crippen LogP contribution is 2.39. The summed E-state index contributed by atoms with van der Waals surface area (Å²) in [6.07, 6.45) is 11.4. The van der Waals surface area contributed by atoms with E-state index in [-0.39, 0.29) is 50.7 Å². The van der Waals surface area contributed by atoms with E-state index in [1.807, 2.05) is 40.1 Å². The molecule has 2 aromatic heterocycles. The number of aromatic nitrogens is 2. The molecule has 2 aromatic carbocycles. The number of piperidine rings is 2. The number of aryl methyl sites for hydroxylation is 4. The van der Waals surface area contributed by atoms with E-state index in [0.717, 1.165) is 135 Å². The van der Waals surface area contributed by atoms with Crippen LogP contribution in [-0.2, 0) is 35.3 Å². The van der Waals surface area contributed by atoms with Crippen LogP contribution in [0.3, 0.4) is 0 Å². The van der Waals surface area contributed by atoms with Crippen molar-refractivity contribution < 1.29 is 23.8 Å². The third kappa shape index (κ3) is 12.7. The lowest BCUT2D eigenvalue weighted by atomic mass is 9.93. The number of halogens is 4. The van der Waals surface area contributed by atoms with Crippen LogP contribution in [0.4, 0.5) is 4.79 Å². The number of nitrogens with one attached hydrogen (secondary N) is 1. The minimum Gasteiger partial charge on any atom is -0.618 e. The third-order valence-corrected chi connectivity index (χ3v) is 16.6. The number of rotatable bonds is 6. The SMILES string of the molecule is C.C.NC(=O)N1CCC(CC(=O)N2CCN([C@H]3c4ccc(Cl)cc4CCc4cc(Br)c[n+]([O-])c43)CC2)CC1.O=C(CC1CCNCC1)N1CCN([C@H]2c3ccc(Cl)cc3CCc3cc(Br)c[n+]([O-])c32)CC1. The van der Waals surface area contributed by atoms with Crippen LogP contribution in [0.25, 0.3) is 0 Å². The molecule has 4 saturated heterocycles. The maximum absolute atomic E-state index is 13.2. The smallest absolute Gasteiger partial charge is 0.314 e. The van der Waals surface area contributed by atoms with Gasteiger partial charge in [-0.15, -0.1) is 0 Å². The number of hydrogen-bond donors (Lipinski definition) is 2. The first-order chi connectivity index (χ1) is 33.3. The average Bonchev–Trinajstić information content (AvgIpc) is 3.60. The van der Waals surface area contributed by atoms with Crippen molar-refractivity contribution in [3.63, 3.8) is 0 Å². The van der Waals surface area contributed by atoms with Gasteiger partial charge in [-0.1, -0.05) is 50.2 Å². The van der Waals surface area contributed by atoms with Gasteiger partial charge in [0.25, 0.3) is 0 Å². The monoisotopic (exact) mass is 1140 g/mol. The summed E-state index contributed by atoms with van der Waals surface area (Å²) in [5.74, 6) is 1.23. The molecule has 4 fully saturated rings. The molecule has 6 heterocycles. The minimum atomic E-state index is -0.383. The molecule has 3 N–H and O–H groups in total. The number of carbonyl (C=O) groups is 3. The number of urea groups is 1. The Hall–Kier alpha value is -4.03. The maximum atomic E-state index is 13.2. The van der Waals surface area contributed by atoms with Gasteiger partial charge in [-0.2, -0.15) is 9.46 Å².